The zero-order valence-electron chi connectivity index (χ0n) is 22.4. The van der Waals surface area contributed by atoms with Crippen LogP contribution in [0.1, 0.15) is 61.9 Å². The average molecular weight is 544 g/mol. The van der Waals surface area contributed by atoms with Gasteiger partial charge in [0.2, 0.25) is 5.03 Å². The number of aromatic nitrogens is 4. The third kappa shape index (κ3) is 6.52. The molecule has 206 valence electrons. The highest BCUT2D eigenvalue weighted by Crippen LogP contribution is 2.56. The highest BCUT2D eigenvalue weighted by Gasteiger charge is 2.35. The predicted molar refractivity (Wildman–Crippen MR) is 145 cm³/mol. The summed E-state index contributed by atoms with van der Waals surface area (Å²) in [7, 11) is -3.37. The Morgan fingerprint density at radius 1 is 1.29 bits per heavy atom. The Morgan fingerprint density at radius 2 is 2.11 bits per heavy atom. The molecule has 2 N–H and O–H groups in total. The van der Waals surface area contributed by atoms with Crippen molar-refractivity contribution in [1.82, 2.24) is 24.3 Å². The minimum Gasteiger partial charge on any atom is -0.486 e. The molecule has 0 spiro atoms. The lowest BCUT2D eigenvalue weighted by Crippen LogP contribution is -2.33. The van der Waals surface area contributed by atoms with E-state index in [0.717, 1.165) is 28.9 Å². The van der Waals surface area contributed by atoms with Crippen LogP contribution in [-0.4, -0.2) is 58.6 Å². The standard InChI is InChI=1S/C27H37N5O5S/c1-5-31-18-24(29-30-31)12-11-22(15-26(33)36-6-2)21-10-9-19(3)23(14-21)17-32-16-20(4)37-25-8-7-13-28-27(25)38(32,34)35/h7-10,13-14,18,20,22,34-35H,5-6,11-12,15-17H2,1-4H3. The minimum absolute atomic E-state index is 0.0886. The molecule has 0 bridgehead atoms. The van der Waals surface area contributed by atoms with Crippen LogP contribution in [0.3, 0.4) is 0 Å². The fraction of sp³-hybridized carbons (Fsp3) is 0.481. The van der Waals surface area contributed by atoms with Crippen LogP contribution in [0, 0.1) is 6.92 Å². The van der Waals surface area contributed by atoms with Gasteiger partial charge >= 0.3 is 5.97 Å². The molecule has 0 radical (unpaired) electrons. The van der Waals surface area contributed by atoms with E-state index in [0.29, 0.717) is 38.3 Å². The third-order valence-electron chi connectivity index (χ3n) is 6.71. The van der Waals surface area contributed by atoms with Crippen LogP contribution < -0.4 is 4.74 Å². The van der Waals surface area contributed by atoms with Gasteiger partial charge in [0.25, 0.3) is 0 Å². The summed E-state index contributed by atoms with van der Waals surface area (Å²) in [5.41, 5.74) is 3.84. The number of carbonyl (C=O) groups excluding carboxylic acids is 1. The fourth-order valence-electron chi connectivity index (χ4n) is 4.64. The van der Waals surface area contributed by atoms with E-state index in [-0.39, 0.29) is 29.4 Å². The maximum atomic E-state index is 12.5. The van der Waals surface area contributed by atoms with Crippen molar-refractivity contribution in [3.63, 3.8) is 0 Å². The van der Waals surface area contributed by atoms with Crippen LogP contribution >= 0.6 is 10.8 Å². The summed E-state index contributed by atoms with van der Waals surface area (Å²) < 4.78 is 37.2. The molecule has 0 aliphatic carbocycles. The Morgan fingerprint density at radius 3 is 2.84 bits per heavy atom. The Hall–Kier alpha value is -2.99. The Labute approximate surface area is 225 Å². The van der Waals surface area contributed by atoms with Crippen molar-refractivity contribution in [1.29, 1.82) is 0 Å². The predicted octanol–water partition coefficient (Wildman–Crippen LogP) is 4.98. The van der Waals surface area contributed by atoms with E-state index in [9.17, 15) is 13.9 Å². The molecule has 0 fully saturated rings. The monoisotopic (exact) mass is 543 g/mol. The average Bonchev–Trinajstić information content (AvgIpc) is 3.32. The lowest BCUT2D eigenvalue weighted by atomic mass is 9.88. The van der Waals surface area contributed by atoms with Crippen LogP contribution in [0.25, 0.3) is 0 Å². The zero-order chi connectivity index (χ0) is 27.3. The molecule has 4 rings (SSSR count). The number of ether oxygens (including phenoxy) is 2. The van der Waals surface area contributed by atoms with Crippen molar-refractivity contribution in [3.8, 4) is 5.75 Å². The molecule has 1 aliphatic rings. The quantitative estimate of drug-likeness (QED) is 0.341. The number of carbonyl (C=O) groups is 1. The number of esters is 1. The summed E-state index contributed by atoms with van der Waals surface area (Å²) in [4.78, 5) is 16.7. The molecule has 38 heavy (non-hydrogen) atoms. The van der Waals surface area contributed by atoms with Gasteiger partial charge in [-0.15, -0.1) is 5.10 Å². The van der Waals surface area contributed by atoms with E-state index in [1.807, 2.05) is 39.1 Å². The summed E-state index contributed by atoms with van der Waals surface area (Å²) >= 11 is 0. The normalized spacial score (nSPS) is 18.6. The molecule has 3 heterocycles. The minimum atomic E-state index is -3.37. The number of pyridine rings is 1. The van der Waals surface area contributed by atoms with E-state index in [1.165, 1.54) is 6.20 Å². The van der Waals surface area contributed by atoms with Gasteiger partial charge in [0.05, 0.1) is 25.3 Å². The topological polar surface area (TPSA) is 123 Å². The van der Waals surface area contributed by atoms with Crippen LogP contribution in [0.15, 0.2) is 47.8 Å². The smallest absolute Gasteiger partial charge is 0.306 e. The molecule has 1 aromatic carbocycles. The maximum absolute atomic E-state index is 12.5. The largest absolute Gasteiger partial charge is 0.486 e. The van der Waals surface area contributed by atoms with Gasteiger partial charge in [-0.2, -0.15) is 4.31 Å². The first-order valence-electron chi connectivity index (χ1n) is 13.0. The second-order valence-electron chi connectivity index (χ2n) is 9.57. The van der Waals surface area contributed by atoms with Gasteiger partial charge in [-0.3, -0.25) is 18.6 Å². The Bertz CT molecular complexity index is 1250. The first kappa shape index (κ1) is 28.0. The van der Waals surface area contributed by atoms with Crippen molar-refractivity contribution in [3.05, 3.63) is 65.1 Å². The van der Waals surface area contributed by atoms with Gasteiger partial charge in [0, 0.05) is 25.5 Å². The number of aryl methyl sites for hydroxylation is 3. The fourth-order valence-corrected chi connectivity index (χ4v) is 6.21. The number of benzene rings is 1. The maximum Gasteiger partial charge on any atom is 0.306 e. The number of hydrogen-bond donors (Lipinski definition) is 2. The number of nitrogens with zero attached hydrogens (tertiary/aromatic N) is 5. The van der Waals surface area contributed by atoms with Gasteiger partial charge in [-0.05, 0) is 75.3 Å². The first-order valence-corrected chi connectivity index (χ1v) is 14.5. The van der Waals surface area contributed by atoms with Crippen molar-refractivity contribution in [2.45, 2.75) is 77.1 Å². The summed E-state index contributed by atoms with van der Waals surface area (Å²) in [6.07, 6.45) is 4.83. The van der Waals surface area contributed by atoms with E-state index in [4.69, 9.17) is 9.47 Å². The lowest BCUT2D eigenvalue weighted by molar-refractivity contribution is -0.143. The van der Waals surface area contributed by atoms with E-state index in [2.05, 4.69) is 21.4 Å². The molecule has 2 atom stereocenters. The molecule has 10 nitrogen and oxygen atoms in total. The van der Waals surface area contributed by atoms with Crippen LogP contribution in [0.4, 0.5) is 0 Å². The van der Waals surface area contributed by atoms with Gasteiger partial charge in [0.1, 0.15) is 6.10 Å². The second kappa shape index (κ2) is 12.2. The van der Waals surface area contributed by atoms with Gasteiger partial charge in [-0.1, -0.05) is 34.2 Å². The molecule has 3 aromatic rings. The molecule has 0 amide bonds. The van der Waals surface area contributed by atoms with E-state index < -0.39 is 10.8 Å². The van der Waals surface area contributed by atoms with Crippen LogP contribution in [0.2, 0.25) is 0 Å². The van der Waals surface area contributed by atoms with E-state index in [1.54, 1.807) is 28.0 Å². The summed E-state index contributed by atoms with van der Waals surface area (Å²) in [6, 6.07) is 9.55. The van der Waals surface area contributed by atoms with E-state index >= 15 is 0 Å². The zero-order valence-corrected chi connectivity index (χ0v) is 23.2. The van der Waals surface area contributed by atoms with Crippen molar-refractivity contribution in [2.24, 2.45) is 0 Å². The van der Waals surface area contributed by atoms with Gasteiger partial charge in [0.15, 0.2) is 5.75 Å². The molecule has 2 aromatic heterocycles. The highest BCUT2D eigenvalue weighted by molar-refractivity contribution is 8.22. The van der Waals surface area contributed by atoms with Crippen molar-refractivity contribution < 1.29 is 23.4 Å². The third-order valence-corrected chi connectivity index (χ3v) is 8.54. The molecular weight excluding hydrogens is 506 g/mol. The number of hydrogen-bond acceptors (Lipinski definition) is 9. The molecular formula is C27H37N5O5S. The SMILES string of the molecule is CCOC(=O)CC(CCc1cn(CC)nn1)c1ccc(C)c(CN2CC(C)Oc3cccnc3S2(O)O)c1. The van der Waals surface area contributed by atoms with Gasteiger partial charge < -0.3 is 9.47 Å². The molecule has 2 unspecified atom stereocenters. The summed E-state index contributed by atoms with van der Waals surface area (Å²) in [5.74, 6) is 0.0592. The lowest BCUT2D eigenvalue weighted by Gasteiger charge is -2.40. The van der Waals surface area contributed by atoms with Crippen molar-refractivity contribution >= 4 is 16.7 Å². The molecule has 0 saturated heterocycles. The second-order valence-corrected chi connectivity index (χ2v) is 11.5. The number of rotatable bonds is 10. The molecule has 0 saturated carbocycles. The highest BCUT2D eigenvalue weighted by atomic mass is 32.3. The summed E-state index contributed by atoms with van der Waals surface area (Å²) in [5, 5.41) is 8.52. The van der Waals surface area contributed by atoms with Crippen molar-refractivity contribution in [2.75, 3.05) is 13.2 Å². The number of fused-ring (bicyclic) bond motifs is 1. The molecule has 1 aliphatic heterocycles. The Kier molecular flexibility index (Phi) is 9.03. The molecule has 11 heteroatoms. The van der Waals surface area contributed by atoms with Gasteiger partial charge in [-0.25, -0.2) is 4.98 Å². The van der Waals surface area contributed by atoms with Crippen LogP contribution in [-0.2, 0) is 29.0 Å². The van der Waals surface area contributed by atoms with Crippen LogP contribution in [0.5, 0.6) is 5.75 Å². The Balaban J connectivity index is 1.60. The summed E-state index contributed by atoms with van der Waals surface area (Å²) in [6.45, 7) is 9.41. The first-order chi connectivity index (χ1) is 18.2.